The minimum Gasteiger partial charge on any atom is -0.497 e. The summed E-state index contributed by atoms with van der Waals surface area (Å²) >= 11 is 12.3. The highest BCUT2D eigenvalue weighted by Gasteiger charge is 2.28. The molecular weight excluding hydrogens is 495 g/mol. The molecule has 0 aliphatic heterocycles. The van der Waals surface area contributed by atoms with Gasteiger partial charge < -0.3 is 10.1 Å². The summed E-state index contributed by atoms with van der Waals surface area (Å²) in [7, 11) is -2.49. The standard InChI is InChI=1S/C25H26Cl2N2O4S/c1-4-24(18-7-9-22(33-3)10-8-18)28-25(30)16-29(21-14-19(26)13-20(27)15-21)34(31,32)23-11-5-17(2)6-12-23/h5-15,24H,4,16H2,1-3H3,(H,28,30)/t24-/m1/s1. The number of nitrogens with zero attached hydrogens (tertiary/aromatic N) is 1. The third-order valence-electron chi connectivity index (χ3n) is 5.29. The van der Waals surface area contributed by atoms with Crippen molar-refractivity contribution < 1.29 is 17.9 Å². The molecule has 9 heteroatoms. The third kappa shape index (κ3) is 6.23. The molecule has 0 unspecified atom stereocenters. The van der Waals surface area contributed by atoms with E-state index in [-0.39, 0.29) is 26.7 Å². The summed E-state index contributed by atoms with van der Waals surface area (Å²) in [6.45, 7) is 3.36. The molecule has 1 amide bonds. The van der Waals surface area contributed by atoms with Gasteiger partial charge in [0.05, 0.1) is 23.7 Å². The second-order valence-electron chi connectivity index (χ2n) is 7.75. The fourth-order valence-electron chi connectivity index (χ4n) is 3.46. The van der Waals surface area contributed by atoms with E-state index in [0.717, 1.165) is 15.4 Å². The molecule has 0 aromatic heterocycles. The molecule has 0 fully saturated rings. The van der Waals surface area contributed by atoms with Crippen LogP contribution in [0.5, 0.6) is 5.75 Å². The van der Waals surface area contributed by atoms with Gasteiger partial charge in [0.2, 0.25) is 5.91 Å². The fourth-order valence-corrected chi connectivity index (χ4v) is 5.38. The Morgan fingerprint density at radius 1 is 1.00 bits per heavy atom. The Kier molecular flexibility index (Phi) is 8.47. The normalized spacial score (nSPS) is 12.1. The number of carbonyl (C=O) groups excluding carboxylic acids is 1. The van der Waals surface area contributed by atoms with Crippen molar-refractivity contribution in [1.82, 2.24) is 5.32 Å². The smallest absolute Gasteiger partial charge is 0.264 e. The maximum Gasteiger partial charge on any atom is 0.264 e. The summed E-state index contributed by atoms with van der Waals surface area (Å²) in [5.41, 5.74) is 2.00. The zero-order valence-corrected chi connectivity index (χ0v) is 21.4. The van der Waals surface area contributed by atoms with Crippen molar-refractivity contribution in [1.29, 1.82) is 0 Å². The van der Waals surface area contributed by atoms with Crippen LogP contribution in [0.15, 0.2) is 71.6 Å². The number of amides is 1. The van der Waals surface area contributed by atoms with Gasteiger partial charge in [-0.1, -0.05) is 60.0 Å². The third-order valence-corrected chi connectivity index (χ3v) is 7.52. The SMILES string of the molecule is CC[C@@H](NC(=O)CN(c1cc(Cl)cc(Cl)c1)S(=O)(=O)c1ccc(C)cc1)c1ccc(OC)cc1. The Morgan fingerprint density at radius 2 is 1.59 bits per heavy atom. The molecule has 0 heterocycles. The van der Waals surface area contributed by atoms with Crippen molar-refractivity contribution in [2.24, 2.45) is 0 Å². The molecule has 1 atom stereocenters. The Balaban J connectivity index is 1.92. The van der Waals surface area contributed by atoms with Gasteiger partial charge in [-0.2, -0.15) is 0 Å². The average molecular weight is 521 g/mol. The van der Waals surface area contributed by atoms with Gasteiger partial charge >= 0.3 is 0 Å². The summed E-state index contributed by atoms with van der Waals surface area (Å²) in [4.78, 5) is 13.1. The van der Waals surface area contributed by atoms with E-state index in [0.29, 0.717) is 12.2 Å². The van der Waals surface area contributed by atoms with E-state index in [2.05, 4.69) is 5.32 Å². The van der Waals surface area contributed by atoms with Gasteiger partial charge in [-0.3, -0.25) is 9.10 Å². The van der Waals surface area contributed by atoms with Crippen molar-refractivity contribution in [3.05, 3.63) is 87.9 Å². The van der Waals surface area contributed by atoms with Crippen molar-refractivity contribution in [2.75, 3.05) is 18.0 Å². The Hall–Kier alpha value is -2.74. The lowest BCUT2D eigenvalue weighted by molar-refractivity contribution is -0.120. The zero-order valence-electron chi connectivity index (χ0n) is 19.1. The fraction of sp³-hybridized carbons (Fsp3) is 0.240. The zero-order chi connectivity index (χ0) is 24.9. The van der Waals surface area contributed by atoms with E-state index in [1.165, 1.54) is 30.3 Å². The summed E-state index contributed by atoms with van der Waals surface area (Å²) in [6.07, 6.45) is 0.617. The van der Waals surface area contributed by atoms with Gasteiger partial charge in [-0.25, -0.2) is 8.42 Å². The molecule has 3 aromatic rings. The Bertz CT molecular complexity index is 1230. The summed E-state index contributed by atoms with van der Waals surface area (Å²) in [5, 5.41) is 3.45. The van der Waals surface area contributed by atoms with Gasteiger partial charge in [0.1, 0.15) is 12.3 Å². The van der Waals surface area contributed by atoms with Crippen LogP contribution in [0.25, 0.3) is 0 Å². The number of carbonyl (C=O) groups is 1. The Labute approximate surface area is 210 Å². The van der Waals surface area contributed by atoms with E-state index >= 15 is 0 Å². The van der Waals surface area contributed by atoms with Crippen molar-refractivity contribution in [3.8, 4) is 5.75 Å². The number of methoxy groups -OCH3 is 1. The first-order valence-electron chi connectivity index (χ1n) is 10.6. The molecule has 0 spiro atoms. The molecule has 0 saturated carbocycles. The van der Waals surface area contributed by atoms with Crippen LogP contribution in [0.4, 0.5) is 5.69 Å². The number of nitrogens with one attached hydrogen (secondary N) is 1. The lowest BCUT2D eigenvalue weighted by Crippen LogP contribution is -2.42. The largest absolute Gasteiger partial charge is 0.497 e. The molecular formula is C25H26Cl2N2O4S. The highest BCUT2D eigenvalue weighted by molar-refractivity contribution is 7.92. The monoisotopic (exact) mass is 520 g/mol. The van der Waals surface area contributed by atoms with Crippen LogP contribution >= 0.6 is 23.2 Å². The highest BCUT2D eigenvalue weighted by Crippen LogP contribution is 2.30. The van der Waals surface area contributed by atoms with Gasteiger partial charge in [0, 0.05) is 10.0 Å². The first kappa shape index (κ1) is 25.9. The Morgan fingerprint density at radius 3 is 2.12 bits per heavy atom. The van der Waals surface area contributed by atoms with E-state index in [1.54, 1.807) is 19.2 Å². The van der Waals surface area contributed by atoms with Crippen LogP contribution < -0.4 is 14.4 Å². The van der Waals surface area contributed by atoms with Crippen LogP contribution in [0.2, 0.25) is 10.0 Å². The molecule has 6 nitrogen and oxygen atoms in total. The lowest BCUT2D eigenvalue weighted by atomic mass is 10.0. The van der Waals surface area contributed by atoms with E-state index in [4.69, 9.17) is 27.9 Å². The molecule has 1 N–H and O–H groups in total. The first-order chi connectivity index (χ1) is 16.1. The molecule has 3 aromatic carbocycles. The topological polar surface area (TPSA) is 75.7 Å². The minimum absolute atomic E-state index is 0.0594. The van der Waals surface area contributed by atoms with Crippen LogP contribution in [0.3, 0.4) is 0 Å². The molecule has 180 valence electrons. The van der Waals surface area contributed by atoms with Crippen LogP contribution in [0, 0.1) is 6.92 Å². The van der Waals surface area contributed by atoms with Gasteiger partial charge in [0.25, 0.3) is 10.0 Å². The quantitative estimate of drug-likeness (QED) is 0.388. The second kappa shape index (κ2) is 11.1. The molecule has 34 heavy (non-hydrogen) atoms. The maximum absolute atomic E-state index is 13.5. The number of sulfonamides is 1. The van der Waals surface area contributed by atoms with Gasteiger partial charge in [-0.05, 0) is 61.4 Å². The summed E-state index contributed by atoms with van der Waals surface area (Å²) < 4.78 is 33.3. The molecule has 3 rings (SSSR count). The predicted molar refractivity (Wildman–Crippen MR) is 136 cm³/mol. The first-order valence-corrected chi connectivity index (χ1v) is 12.8. The highest BCUT2D eigenvalue weighted by atomic mass is 35.5. The molecule has 0 bridgehead atoms. The molecule has 0 aliphatic rings. The van der Waals surface area contributed by atoms with Crippen molar-refractivity contribution in [3.63, 3.8) is 0 Å². The van der Waals surface area contributed by atoms with Gasteiger partial charge in [0.15, 0.2) is 0 Å². The summed E-state index contributed by atoms with van der Waals surface area (Å²) in [5.74, 6) is 0.243. The number of benzene rings is 3. The number of anilines is 1. The molecule has 0 aliphatic carbocycles. The number of aryl methyl sites for hydroxylation is 1. The summed E-state index contributed by atoms with van der Waals surface area (Å²) in [6, 6.07) is 17.9. The number of rotatable bonds is 9. The minimum atomic E-state index is -4.08. The number of hydrogen-bond donors (Lipinski definition) is 1. The maximum atomic E-state index is 13.5. The predicted octanol–water partition coefficient (Wildman–Crippen LogP) is 5.77. The van der Waals surface area contributed by atoms with E-state index < -0.39 is 22.5 Å². The van der Waals surface area contributed by atoms with Crippen molar-refractivity contribution >= 4 is 44.8 Å². The lowest BCUT2D eigenvalue weighted by Gasteiger charge is -2.26. The van der Waals surface area contributed by atoms with Crippen LogP contribution in [-0.2, 0) is 14.8 Å². The second-order valence-corrected chi connectivity index (χ2v) is 10.5. The molecule has 0 saturated heterocycles. The number of ether oxygens (including phenoxy) is 1. The van der Waals surface area contributed by atoms with E-state index in [9.17, 15) is 13.2 Å². The number of hydrogen-bond acceptors (Lipinski definition) is 4. The average Bonchev–Trinajstić information content (AvgIpc) is 2.80. The van der Waals surface area contributed by atoms with Crippen LogP contribution in [0.1, 0.15) is 30.5 Å². The van der Waals surface area contributed by atoms with Crippen molar-refractivity contribution in [2.45, 2.75) is 31.2 Å². The van der Waals surface area contributed by atoms with E-state index in [1.807, 2.05) is 38.1 Å². The van der Waals surface area contributed by atoms with Gasteiger partial charge in [-0.15, -0.1) is 0 Å². The number of halogens is 2. The molecule has 0 radical (unpaired) electrons. The van der Waals surface area contributed by atoms with Crippen LogP contribution in [-0.4, -0.2) is 28.0 Å².